The van der Waals surface area contributed by atoms with Crippen molar-refractivity contribution in [3.8, 4) is 67.9 Å². The molecule has 0 amide bonds. The Labute approximate surface area is 301 Å². The molecule has 1 aliphatic carbocycles. The van der Waals surface area contributed by atoms with E-state index >= 15 is 0 Å². The van der Waals surface area contributed by atoms with E-state index in [4.69, 9.17) is 26.3 Å². The summed E-state index contributed by atoms with van der Waals surface area (Å²) in [5, 5.41) is 0. The molecule has 1 aromatic heterocycles. The van der Waals surface area contributed by atoms with Crippen LogP contribution in [0.3, 0.4) is 0 Å². The fourth-order valence-corrected chi connectivity index (χ4v) is 7.91. The molecule has 0 unspecified atom stereocenters. The van der Waals surface area contributed by atoms with Gasteiger partial charge in [-0.1, -0.05) is 140 Å². The summed E-state index contributed by atoms with van der Waals surface area (Å²) >= 11 is 0. The van der Waals surface area contributed by atoms with Crippen LogP contribution in [-0.4, -0.2) is 15.0 Å². The van der Waals surface area contributed by atoms with Crippen LogP contribution in [0.5, 0.6) is 11.5 Å². The Bertz CT molecular complexity index is 2630. The van der Waals surface area contributed by atoms with Crippen molar-refractivity contribution in [3.63, 3.8) is 0 Å². The highest BCUT2D eigenvalue weighted by atomic mass is 16.5. The van der Waals surface area contributed by atoms with Crippen molar-refractivity contribution in [1.29, 1.82) is 0 Å². The van der Waals surface area contributed by atoms with E-state index in [1.165, 1.54) is 5.56 Å². The summed E-state index contributed by atoms with van der Waals surface area (Å²) in [6.07, 6.45) is 0. The lowest BCUT2D eigenvalue weighted by Crippen LogP contribution is -2.32. The van der Waals surface area contributed by atoms with Crippen LogP contribution in [0.4, 0.5) is 5.69 Å². The van der Waals surface area contributed by atoms with E-state index in [1.54, 1.807) is 0 Å². The lowest BCUT2D eigenvalue weighted by Gasteiger charge is -2.39. The number of hydrogen-bond acceptors (Lipinski definition) is 4. The van der Waals surface area contributed by atoms with Crippen molar-refractivity contribution in [2.45, 2.75) is 5.41 Å². The molecule has 2 aliphatic rings. The molecule has 52 heavy (non-hydrogen) atoms. The van der Waals surface area contributed by atoms with Crippen LogP contribution in [-0.2, 0) is 5.41 Å². The standard InChI is InChI=1S/C47H28N4O/c1-48-35-18-12-17-32(27-35)33-23-25-36-37-26-24-34(46-50-44(30-13-4-2-5-14-30)49-45(51-46)31-15-6-3-7-16-31)29-41(37)47(40(36)28-33)38-19-8-10-21-42(38)52-43-22-11-9-20-39(43)47/h2-29H. The number of rotatable bonds is 4. The molecule has 10 rings (SSSR count). The first-order chi connectivity index (χ1) is 25.7. The Balaban J connectivity index is 1.25. The molecule has 5 heteroatoms. The van der Waals surface area contributed by atoms with Gasteiger partial charge in [0.25, 0.3) is 0 Å². The SMILES string of the molecule is [C-]#[N+]c1cccc(-c2ccc3c(c2)C2(c4ccccc4Oc4ccccc42)c2cc(-c4nc(-c5ccccc5)nc(-c5ccccc5)n4)ccc2-3)c1. The fraction of sp³-hybridized carbons (Fsp3) is 0.0213. The minimum absolute atomic E-state index is 0.604. The van der Waals surface area contributed by atoms with Gasteiger partial charge in [-0.05, 0) is 63.7 Å². The molecule has 1 spiro atoms. The van der Waals surface area contributed by atoms with Crippen molar-refractivity contribution >= 4 is 5.69 Å². The van der Waals surface area contributed by atoms with Gasteiger partial charge in [0.2, 0.25) is 0 Å². The summed E-state index contributed by atoms with van der Waals surface area (Å²) in [7, 11) is 0. The average molecular weight is 665 g/mol. The minimum Gasteiger partial charge on any atom is -0.457 e. The van der Waals surface area contributed by atoms with Crippen LogP contribution in [0.25, 0.3) is 61.3 Å². The smallest absolute Gasteiger partial charge is 0.187 e. The number of ether oxygens (including phenoxy) is 1. The van der Waals surface area contributed by atoms with Crippen LogP contribution in [0, 0.1) is 6.57 Å². The topological polar surface area (TPSA) is 52.3 Å². The highest BCUT2D eigenvalue weighted by Gasteiger charge is 2.51. The van der Waals surface area contributed by atoms with Gasteiger partial charge >= 0.3 is 0 Å². The number of aromatic nitrogens is 3. The van der Waals surface area contributed by atoms with Crippen LogP contribution >= 0.6 is 0 Å². The van der Waals surface area contributed by atoms with Crippen molar-refractivity contribution in [3.05, 3.63) is 204 Å². The number of benzene rings is 7. The highest BCUT2D eigenvalue weighted by Crippen LogP contribution is 2.62. The van der Waals surface area contributed by atoms with Crippen LogP contribution in [0.2, 0.25) is 0 Å². The molecule has 0 radical (unpaired) electrons. The Morgan fingerprint density at radius 3 is 1.44 bits per heavy atom. The molecule has 0 saturated carbocycles. The summed E-state index contributed by atoms with van der Waals surface area (Å²) in [4.78, 5) is 18.8. The average Bonchev–Trinajstić information content (AvgIpc) is 3.50. The van der Waals surface area contributed by atoms with Gasteiger partial charge in [-0.15, -0.1) is 0 Å². The van der Waals surface area contributed by atoms with Crippen molar-refractivity contribution in [2.24, 2.45) is 0 Å². The molecule has 1 aliphatic heterocycles. The van der Waals surface area contributed by atoms with E-state index in [2.05, 4.69) is 83.7 Å². The summed E-state index contributed by atoms with van der Waals surface area (Å²) in [6.45, 7) is 7.64. The monoisotopic (exact) mass is 664 g/mol. The van der Waals surface area contributed by atoms with Gasteiger partial charge in [0.1, 0.15) is 11.5 Å². The molecule has 5 nitrogen and oxygen atoms in total. The summed E-state index contributed by atoms with van der Waals surface area (Å²) < 4.78 is 6.62. The largest absolute Gasteiger partial charge is 0.457 e. The normalized spacial score (nSPS) is 12.9. The molecule has 0 bridgehead atoms. The van der Waals surface area contributed by atoms with Crippen molar-refractivity contribution < 1.29 is 4.74 Å². The predicted octanol–water partition coefficient (Wildman–Crippen LogP) is 11.6. The lowest BCUT2D eigenvalue weighted by molar-refractivity contribution is 0.436. The Morgan fingerprint density at radius 2 is 0.865 bits per heavy atom. The first-order valence-electron chi connectivity index (χ1n) is 17.2. The van der Waals surface area contributed by atoms with Gasteiger partial charge in [-0.25, -0.2) is 19.8 Å². The van der Waals surface area contributed by atoms with Gasteiger partial charge in [-0.3, -0.25) is 0 Å². The molecule has 8 aromatic rings. The summed E-state index contributed by atoms with van der Waals surface area (Å²) in [5.41, 5.74) is 11.5. The van der Waals surface area contributed by atoms with E-state index < -0.39 is 5.41 Å². The van der Waals surface area contributed by atoms with Gasteiger partial charge in [0.05, 0.1) is 12.0 Å². The minimum atomic E-state index is -0.697. The molecular weight excluding hydrogens is 637 g/mol. The van der Waals surface area contributed by atoms with Crippen molar-refractivity contribution in [1.82, 2.24) is 15.0 Å². The second-order valence-electron chi connectivity index (χ2n) is 13.1. The van der Waals surface area contributed by atoms with Gasteiger partial charge in [-0.2, -0.15) is 0 Å². The maximum absolute atomic E-state index is 7.64. The van der Waals surface area contributed by atoms with E-state index in [0.29, 0.717) is 23.2 Å². The molecule has 0 N–H and O–H groups in total. The van der Waals surface area contributed by atoms with Gasteiger partial charge in [0.15, 0.2) is 23.2 Å². The predicted molar refractivity (Wildman–Crippen MR) is 205 cm³/mol. The fourth-order valence-electron chi connectivity index (χ4n) is 7.91. The van der Waals surface area contributed by atoms with Crippen LogP contribution in [0.15, 0.2) is 170 Å². The van der Waals surface area contributed by atoms with Gasteiger partial charge < -0.3 is 4.74 Å². The Hall–Kier alpha value is -7.16. The van der Waals surface area contributed by atoms with E-state index in [-0.39, 0.29) is 0 Å². The van der Waals surface area contributed by atoms with Crippen LogP contribution < -0.4 is 4.74 Å². The molecule has 7 aromatic carbocycles. The van der Waals surface area contributed by atoms with E-state index in [9.17, 15) is 0 Å². The summed E-state index contributed by atoms with van der Waals surface area (Å²) in [5.74, 6) is 3.49. The zero-order chi connectivity index (χ0) is 34.6. The first-order valence-corrected chi connectivity index (χ1v) is 17.2. The number of hydrogen-bond donors (Lipinski definition) is 0. The molecule has 0 saturated heterocycles. The van der Waals surface area contributed by atoms with Gasteiger partial charge in [0, 0.05) is 27.8 Å². The first kappa shape index (κ1) is 29.7. The maximum atomic E-state index is 7.64. The number of nitrogens with zero attached hydrogens (tertiary/aromatic N) is 4. The number of para-hydroxylation sites is 2. The maximum Gasteiger partial charge on any atom is 0.187 e. The zero-order valence-electron chi connectivity index (χ0n) is 27.9. The second kappa shape index (κ2) is 11.7. The zero-order valence-corrected chi connectivity index (χ0v) is 27.9. The molecule has 2 heterocycles. The molecule has 242 valence electrons. The lowest BCUT2D eigenvalue weighted by atomic mass is 9.65. The molecular formula is C47H28N4O. The third-order valence-electron chi connectivity index (χ3n) is 10.2. The van der Waals surface area contributed by atoms with Crippen LogP contribution in [0.1, 0.15) is 22.3 Å². The molecule has 0 atom stereocenters. The Morgan fingerprint density at radius 1 is 0.404 bits per heavy atom. The van der Waals surface area contributed by atoms with E-state index in [1.807, 2.05) is 91.0 Å². The highest BCUT2D eigenvalue weighted by molar-refractivity contribution is 5.91. The quantitative estimate of drug-likeness (QED) is 0.176. The molecule has 0 fully saturated rings. The van der Waals surface area contributed by atoms with Crippen molar-refractivity contribution in [2.75, 3.05) is 0 Å². The second-order valence-corrected chi connectivity index (χ2v) is 13.1. The van der Waals surface area contributed by atoms with E-state index in [0.717, 1.165) is 67.1 Å². The summed E-state index contributed by atoms with van der Waals surface area (Å²) in [6, 6.07) is 58.0. The Kier molecular flexibility index (Phi) is 6.70. The third-order valence-corrected chi connectivity index (χ3v) is 10.2. The number of fused-ring (bicyclic) bond motifs is 9. The third kappa shape index (κ3) is 4.52.